The molecule has 0 atom stereocenters. The zero-order valence-electron chi connectivity index (χ0n) is 16.2. The number of amides is 2. The molecule has 1 aromatic rings. The monoisotopic (exact) mass is 384 g/mol. The normalized spacial score (nSPS) is 22.8. The summed E-state index contributed by atoms with van der Waals surface area (Å²) in [4.78, 5) is 27.2. The molecule has 2 aliphatic rings. The van der Waals surface area contributed by atoms with Crippen molar-refractivity contribution in [3.05, 3.63) is 29.8 Å². The summed E-state index contributed by atoms with van der Waals surface area (Å²) in [6, 6.07) is 9.09. The molecule has 0 bridgehead atoms. The summed E-state index contributed by atoms with van der Waals surface area (Å²) in [6.45, 7) is 4.88. The Hall–Kier alpha value is -2.43. The van der Waals surface area contributed by atoms with E-state index in [1.807, 2.05) is 0 Å². The van der Waals surface area contributed by atoms with E-state index in [2.05, 4.69) is 21.6 Å². The first-order valence-corrected chi connectivity index (χ1v) is 10.0. The van der Waals surface area contributed by atoms with Crippen LogP contribution in [0.4, 0.5) is 5.69 Å². The number of benzene rings is 1. The van der Waals surface area contributed by atoms with Crippen molar-refractivity contribution in [2.45, 2.75) is 25.7 Å². The molecule has 1 saturated carbocycles. The lowest BCUT2D eigenvalue weighted by Gasteiger charge is -2.28. The molecule has 1 aromatic carbocycles. The molecule has 2 amide bonds. The van der Waals surface area contributed by atoms with Crippen LogP contribution >= 0.6 is 0 Å². The van der Waals surface area contributed by atoms with Crippen LogP contribution in [0.15, 0.2) is 24.3 Å². The third kappa shape index (κ3) is 5.54. The molecule has 1 heterocycles. The molecule has 3 rings (SSSR count). The fourth-order valence-electron chi connectivity index (χ4n) is 3.85. The topological polar surface area (TPSA) is 94.5 Å². The predicted octanol–water partition coefficient (Wildman–Crippen LogP) is 1.75. The zero-order chi connectivity index (χ0) is 19.8. The maximum absolute atomic E-state index is 12.5. The number of carbonyl (C=O) groups is 2. The first kappa shape index (κ1) is 20.3. The van der Waals surface area contributed by atoms with Gasteiger partial charge in [-0.3, -0.25) is 14.5 Å². The fourth-order valence-corrected chi connectivity index (χ4v) is 3.85. The van der Waals surface area contributed by atoms with Crippen molar-refractivity contribution >= 4 is 17.5 Å². The molecule has 7 heteroatoms. The minimum Gasteiger partial charge on any atom is -0.379 e. The summed E-state index contributed by atoms with van der Waals surface area (Å²) >= 11 is 0. The van der Waals surface area contributed by atoms with Crippen LogP contribution < -0.4 is 10.6 Å². The number of hydrogen-bond donors (Lipinski definition) is 2. The van der Waals surface area contributed by atoms with Gasteiger partial charge >= 0.3 is 0 Å². The number of nitrogens with one attached hydrogen (secondary N) is 2. The number of rotatable bonds is 6. The lowest BCUT2D eigenvalue weighted by Crippen LogP contribution is -2.43. The van der Waals surface area contributed by atoms with Gasteiger partial charge in [0.15, 0.2) is 0 Å². The number of nitrogens with zero attached hydrogens (tertiary/aromatic N) is 2. The quantitative estimate of drug-likeness (QED) is 0.779. The number of ether oxygens (including phenoxy) is 1. The van der Waals surface area contributed by atoms with Gasteiger partial charge in [0.25, 0.3) is 0 Å². The van der Waals surface area contributed by atoms with E-state index in [1.165, 1.54) is 0 Å². The van der Waals surface area contributed by atoms with E-state index in [1.54, 1.807) is 24.3 Å². The smallest absolute Gasteiger partial charge is 0.227 e. The molecule has 150 valence electrons. The van der Waals surface area contributed by atoms with Crippen molar-refractivity contribution in [1.82, 2.24) is 10.2 Å². The number of nitriles is 1. The van der Waals surface area contributed by atoms with Crippen LogP contribution in [0, 0.1) is 23.2 Å². The first-order chi connectivity index (χ1) is 13.7. The highest BCUT2D eigenvalue weighted by Gasteiger charge is 2.30. The molecule has 1 aliphatic heterocycles. The molecule has 0 aromatic heterocycles. The molecule has 1 saturated heterocycles. The van der Waals surface area contributed by atoms with E-state index in [-0.39, 0.29) is 23.7 Å². The summed E-state index contributed by atoms with van der Waals surface area (Å²) in [5.74, 6) is -0.0832. The van der Waals surface area contributed by atoms with E-state index >= 15 is 0 Å². The van der Waals surface area contributed by atoms with E-state index in [0.29, 0.717) is 30.6 Å². The van der Waals surface area contributed by atoms with E-state index in [0.717, 1.165) is 45.7 Å². The Morgan fingerprint density at radius 2 is 1.71 bits per heavy atom. The fraction of sp³-hybridized carbons (Fsp3) is 0.571. The minimum absolute atomic E-state index is 0.0138. The Kier molecular flexibility index (Phi) is 7.40. The van der Waals surface area contributed by atoms with Crippen LogP contribution in [0.25, 0.3) is 0 Å². The highest BCUT2D eigenvalue weighted by atomic mass is 16.5. The number of carbonyl (C=O) groups excluding carboxylic acids is 2. The Balaban J connectivity index is 1.39. The van der Waals surface area contributed by atoms with Gasteiger partial charge in [0, 0.05) is 38.0 Å². The number of morpholine rings is 1. The highest BCUT2D eigenvalue weighted by Crippen LogP contribution is 2.30. The summed E-state index contributed by atoms with van der Waals surface area (Å²) in [5, 5.41) is 15.0. The third-order valence-corrected chi connectivity index (χ3v) is 5.61. The number of hydrogen-bond acceptors (Lipinski definition) is 5. The molecule has 2 N–H and O–H groups in total. The van der Waals surface area contributed by atoms with Crippen LogP contribution in [-0.4, -0.2) is 56.1 Å². The zero-order valence-corrected chi connectivity index (χ0v) is 16.2. The van der Waals surface area contributed by atoms with Crippen LogP contribution in [0.2, 0.25) is 0 Å². The maximum atomic E-state index is 12.5. The highest BCUT2D eigenvalue weighted by molar-refractivity contribution is 5.94. The van der Waals surface area contributed by atoms with Crippen molar-refractivity contribution in [2.75, 3.05) is 44.7 Å². The van der Waals surface area contributed by atoms with Gasteiger partial charge in [-0.15, -0.1) is 0 Å². The van der Waals surface area contributed by atoms with Crippen LogP contribution in [-0.2, 0) is 14.3 Å². The average Bonchev–Trinajstić information content (AvgIpc) is 2.75. The third-order valence-electron chi connectivity index (χ3n) is 5.61. The molecule has 0 unspecified atom stereocenters. The second kappa shape index (κ2) is 10.2. The van der Waals surface area contributed by atoms with E-state index in [9.17, 15) is 9.59 Å². The maximum Gasteiger partial charge on any atom is 0.227 e. The molecular formula is C21H28N4O3. The summed E-state index contributed by atoms with van der Waals surface area (Å²) in [6.07, 6.45) is 2.84. The van der Waals surface area contributed by atoms with E-state index < -0.39 is 0 Å². The molecule has 1 aliphatic carbocycles. The van der Waals surface area contributed by atoms with E-state index in [4.69, 9.17) is 10.00 Å². The first-order valence-electron chi connectivity index (χ1n) is 10.0. The Morgan fingerprint density at radius 1 is 1.07 bits per heavy atom. The van der Waals surface area contributed by atoms with Crippen molar-refractivity contribution in [3.63, 3.8) is 0 Å². The van der Waals surface area contributed by atoms with Gasteiger partial charge in [-0.25, -0.2) is 0 Å². The Morgan fingerprint density at radius 3 is 2.39 bits per heavy atom. The van der Waals surface area contributed by atoms with Gasteiger partial charge in [-0.2, -0.15) is 5.26 Å². The SMILES string of the molecule is N#Cc1ccccc1NC(=O)C1CCC(C(=O)NCCN2CCOCC2)CC1. The van der Waals surface area contributed by atoms with Crippen LogP contribution in [0.1, 0.15) is 31.2 Å². The Labute approximate surface area is 166 Å². The minimum atomic E-state index is -0.107. The molecular weight excluding hydrogens is 356 g/mol. The van der Waals surface area contributed by atoms with Gasteiger partial charge < -0.3 is 15.4 Å². The largest absolute Gasteiger partial charge is 0.379 e. The second-order valence-electron chi connectivity index (χ2n) is 7.44. The molecule has 7 nitrogen and oxygen atoms in total. The van der Waals surface area contributed by atoms with Gasteiger partial charge in [0.2, 0.25) is 11.8 Å². The summed E-state index contributed by atoms with van der Waals surface area (Å²) in [5.41, 5.74) is 1.02. The van der Waals surface area contributed by atoms with Crippen molar-refractivity contribution in [2.24, 2.45) is 11.8 Å². The number of para-hydroxylation sites is 1. The van der Waals surface area contributed by atoms with Crippen molar-refractivity contribution < 1.29 is 14.3 Å². The molecule has 2 fully saturated rings. The van der Waals surface area contributed by atoms with Gasteiger partial charge in [-0.05, 0) is 37.8 Å². The van der Waals surface area contributed by atoms with Crippen molar-refractivity contribution in [3.8, 4) is 6.07 Å². The summed E-state index contributed by atoms with van der Waals surface area (Å²) < 4.78 is 5.32. The van der Waals surface area contributed by atoms with Gasteiger partial charge in [-0.1, -0.05) is 12.1 Å². The lowest BCUT2D eigenvalue weighted by molar-refractivity contribution is -0.128. The molecule has 28 heavy (non-hydrogen) atoms. The lowest BCUT2D eigenvalue weighted by atomic mass is 9.81. The van der Waals surface area contributed by atoms with Crippen molar-refractivity contribution in [1.29, 1.82) is 5.26 Å². The van der Waals surface area contributed by atoms with Gasteiger partial charge in [0.05, 0.1) is 24.5 Å². The van der Waals surface area contributed by atoms with Gasteiger partial charge in [0.1, 0.15) is 6.07 Å². The average molecular weight is 384 g/mol. The van der Waals surface area contributed by atoms with Crippen LogP contribution in [0.5, 0.6) is 0 Å². The standard InChI is InChI=1S/C21H28N4O3/c22-15-18-3-1-2-4-19(18)24-21(27)17-7-5-16(6-8-17)20(26)23-9-10-25-11-13-28-14-12-25/h1-4,16-17H,5-14H2,(H,23,26)(H,24,27). The molecule has 0 spiro atoms. The van der Waals surface area contributed by atoms with Crippen LogP contribution in [0.3, 0.4) is 0 Å². The second-order valence-corrected chi connectivity index (χ2v) is 7.44. The molecule has 0 radical (unpaired) electrons. The number of anilines is 1. The predicted molar refractivity (Wildman–Crippen MR) is 106 cm³/mol. The Bertz CT molecular complexity index is 717. The summed E-state index contributed by atoms with van der Waals surface area (Å²) in [7, 11) is 0.